The van der Waals surface area contributed by atoms with Crippen molar-refractivity contribution in [2.24, 2.45) is 5.92 Å². The Morgan fingerprint density at radius 1 is 1.19 bits per heavy atom. The van der Waals surface area contributed by atoms with Crippen LogP contribution in [-0.4, -0.2) is 66.2 Å². The first-order chi connectivity index (χ1) is 9.65. The summed E-state index contributed by atoms with van der Waals surface area (Å²) in [5.41, 5.74) is -0.478. The minimum atomic E-state index is -0.478. The van der Waals surface area contributed by atoms with E-state index in [-0.39, 0.29) is 17.9 Å². The van der Waals surface area contributed by atoms with Gasteiger partial charge >= 0.3 is 6.09 Å². The average molecular weight is 299 g/mol. The van der Waals surface area contributed by atoms with Crippen molar-refractivity contribution in [3.05, 3.63) is 0 Å². The predicted octanol–water partition coefficient (Wildman–Crippen LogP) is 1.96. The summed E-state index contributed by atoms with van der Waals surface area (Å²) in [7, 11) is 3.74. The van der Waals surface area contributed by atoms with Gasteiger partial charge < -0.3 is 9.64 Å². The molecule has 0 atom stereocenters. The van der Waals surface area contributed by atoms with Crippen LogP contribution in [0.25, 0.3) is 0 Å². The van der Waals surface area contributed by atoms with E-state index in [0.29, 0.717) is 32.5 Å². The fraction of sp³-hybridized carbons (Fsp3) is 0.867. The van der Waals surface area contributed by atoms with Crippen LogP contribution in [0, 0.1) is 5.92 Å². The number of amides is 2. The highest BCUT2D eigenvalue weighted by Gasteiger charge is 2.32. The van der Waals surface area contributed by atoms with Crippen molar-refractivity contribution in [1.82, 2.24) is 14.9 Å². The molecule has 0 aromatic rings. The molecule has 1 saturated heterocycles. The first-order valence-electron chi connectivity index (χ1n) is 7.62. The van der Waals surface area contributed by atoms with Crippen LogP contribution in [0.15, 0.2) is 0 Å². The monoisotopic (exact) mass is 299 g/mol. The molecule has 6 heteroatoms. The Bertz CT molecular complexity index is 369. The zero-order valence-corrected chi connectivity index (χ0v) is 14.2. The van der Waals surface area contributed by atoms with Crippen LogP contribution in [0.1, 0.15) is 40.5 Å². The highest BCUT2D eigenvalue weighted by atomic mass is 16.6. The van der Waals surface area contributed by atoms with Crippen molar-refractivity contribution >= 4 is 12.0 Å². The van der Waals surface area contributed by atoms with Crippen molar-refractivity contribution in [2.75, 3.05) is 33.7 Å². The van der Waals surface area contributed by atoms with Gasteiger partial charge in [0, 0.05) is 39.6 Å². The molecule has 0 aromatic carbocycles. The van der Waals surface area contributed by atoms with Crippen LogP contribution in [-0.2, 0) is 9.53 Å². The van der Waals surface area contributed by atoms with Gasteiger partial charge in [-0.1, -0.05) is 0 Å². The van der Waals surface area contributed by atoms with Gasteiger partial charge in [0.2, 0.25) is 5.91 Å². The first-order valence-corrected chi connectivity index (χ1v) is 7.62. The molecule has 1 fully saturated rings. The quantitative estimate of drug-likeness (QED) is 0.748. The lowest BCUT2D eigenvalue weighted by Crippen LogP contribution is -2.49. The molecule has 2 amide bonds. The van der Waals surface area contributed by atoms with Crippen molar-refractivity contribution < 1.29 is 14.3 Å². The molecule has 0 aliphatic carbocycles. The average Bonchev–Trinajstić information content (AvgIpc) is 2.37. The zero-order valence-electron chi connectivity index (χ0n) is 14.2. The third kappa shape index (κ3) is 5.19. The summed E-state index contributed by atoms with van der Waals surface area (Å²) in [6, 6.07) is 0. The fourth-order valence-corrected chi connectivity index (χ4v) is 2.48. The number of piperidine rings is 1. The molecule has 0 saturated carbocycles. The number of likely N-dealkylation sites (tertiary alicyclic amines) is 1. The Labute approximate surface area is 128 Å². The van der Waals surface area contributed by atoms with Crippen LogP contribution < -0.4 is 0 Å². The summed E-state index contributed by atoms with van der Waals surface area (Å²) in [6.07, 6.45) is 1.11. The highest BCUT2D eigenvalue weighted by molar-refractivity contribution is 5.79. The predicted molar refractivity (Wildman–Crippen MR) is 81.6 cm³/mol. The largest absolute Gasteiger partial charge is 0.444 e. The van der Waals surface area contributed by atoms with Crippen molar-refractivity contribution in [2.45, 2.75) is 46.1 Å². The molecular weight excluding hydrogens is 270 g/mol. The molecule has 1 aliphatic heterocycles. The third-order valence-corrected chi connectivity index (χ3v) is 3.53. The van der Waals surface area contributed by atoms with Gasteiger partial charge in [0.05, 0.1) is 0 Å². The van der Waals surface area contributed by atoms with E-state index in [0.717, 1.165) is 0 Å². The maximum absolute atomic E-state index is 12.4. The second-order valence-electron chi connectivity index (χ2n) is 6.64. The number of carbonyl (C=O) groups is 2. The van der Waals surface area contributed by atoms with E-state index in [1.54, 1.807) is 9.91 Å². The second-order valence-corrected chi connectivity index (χ2v) is 6.64. The molecule has 0 aromatic heterocycles. The van der Waals surface area contributed by atoms with Crippen LogP contribution in [0.2, 0.25) is 0 Å². The molecule has 0 N–H and O–H groups in total. The molecule has 6 nitrogen and oxygen atoms in total. The Morgan fingerprint density at radius 2 is 1.71 bits per heavy atom. The number of hydrogen-bond acceptors (Lipinski definition) is 4. The molecule has 0 spiro atoms. The lowest BCUT2D eigenvalue weighted by molar-refractivity contribution is -0.150. The van der Waals surface area contributed by atoms with Crippen LogP contribution in [0.5, 0.6) is 0 Å². The van der Waals surface area contributed by atoms with E-state index in [2.05, 4.69) is 0 Å². The van der Waals surface area contributed by atoms with Gasteiger partial charge in [0.25, 0.3) is 0 Å². The number of hydrogen-bond donors (Lipinski definition) is 0. The smallest absolute Gasteiger partial charge is 0.410 e. The van der Waals surface area contributed by atoms with E-state index >= 15 is 0 Å². The van der Waals surface area contributed by atoms with Gasteiger partial charge in [-0.15, -0.1) is 0 Å². The van der Waals surface area contributed by atoms with Crippen molar-refractivity contribution in [3.63, 3.8) is 0 Å². The summed E-state index contributed by atoms with van der Waals surface area (Å²) in [5, 5.41) is 3.57. The molecule has 0 radical (unpaired) electrons. The van der Waals surface area contributed by atoms with Gasteiger partial charge in [-0.2, -0.15) is 0 Å². The molecule has 122 valence electrons. The van der Waals surface area contributed by atoms with E-state index in [9.17, 15) is 9.59 Å². The highest BCUT2D eigenvalue weighted by Crippen LogP contribution is 2.21. The minimum absolute atomic E-state index is 0.00830. The van der Waals surface area contributed by atoms with Crippen molar-refractivity contribution in [1.29, 1.82) is 0 Å². The number of nitrogens with zero attached hydrogens (tertiary/aromatic N) is 3. The van der Waals surface area contributed by atoms with Crippen LogP contribution in [0.3, 0.4) is 0 Å². The van der Waals surface area contributed by atoms with E-state index in [4.69, 9.17) is 4.74 Å². The van der Waals surface area contributed by atoms with E-state index in [1.165, 1.54) is 0 Å². The summed E-state index contributed by atoms with van der Waals surface area (Å²) in [4.78, 5) is 26.1. The lowest BCUT2D eigenvalue weighted by atomic mass is 9.96. The van der Waals surface area contributed by atoms with E-state index < -0.39 is 5.60 Å². The normalized spacial score (nSPS) is 17.0. The summed E-state index contributed by atoms with van der Waals surface area (Å²) >= 11 is 0. The van der Waals surface area contributed by atoms with Crippen LogP contribution in [0.4, 0.5) is 4.79 Å². The Kier molecular flexibility index (Phi) is 6.01. The lowest BCUT2D eigenvalue weighted by Gasteiger charge is -2.36. The second kappa shape index (κ2) is 7.11. The maximum Gasteiger partial charge on any atom is 0.410 e. The molecule has 1 aliphatic rings. The number of hydrazine groups is 1. The number of rotatable bonds is 3. The Morgan fingerprint density at radius 3 is 2.10 bits per heavy atom. The summed E-state index contributed by atoms with van der Waals surface area (Å²) < 4.78 is 5.36. The van der Waals surface area contributed by atoms with Gasteiger partial charge in [0.1, 0.15) is 5.60 Å². The fourth-order valence-electron chi connectivity index (χ4n) is 2.48. The van der Waals surface area contributed by atoms with Crippen molar-refractivity contribution in [3.8, 4) is 0 Å². The molecular formula is C15H29N3O3. The van der Waals surface area contributed by atoms with Gasteiger partial charge in [-0.3, -0.25) is 9.80 Å². The molecule has 0 bridgehead atoms. The van der Waals surface area contributed by atoms with Gasteiger partial charge in [0.15, 0.2) is 0 Å². The summed E-state index contributed by atoms with van der Waals surface area (Å²) in [6.45, 7) is 9.37. The Hall–Kier alpha value is -1.30. The molecule has 1 heterocycles. The van der Waals surface area contributed by atoms with Gasteiger partial charge in [-0.25, -0.2) is 9.80 Å². The number of carbonyl (C=O) groups excluding carboxylic acids is 2. The molecule has 21 heavy (non-hydrogen) atoms. The van der Waals surface area contributed by atoms with Crippen LogP contribution >= 0.6 is 0 Å². The molecule has 0 unspecified atom stereocenters. The topological polar surface area (TPSA) is 53.1 Å². The standard InChI is InChI=1S/C15H29N3O3/c1-7-18(16(5)6)13(19)12-8-10-17(11-9-12)14(20)21-15(2,3)4/h12H,7-11H2,1-6H3. The summed E-state index contributed by atoms with van der Waals surface area (Å²) in [5.74, 6) is 0.136. The minimum Gasteiger partial charge on any atom is -0.444 e. The maximum atomic E-state index is 12.4. The van der Waals surface area contributed by atoms with Gasteiger partial charge in [-0.05, 0) is 40.5 Å². The zero-order chi connectivity index (χ0) is 16.2. The molecule has 1 rings (SSSR count). The number of ether oxygens (including phenoxy) is 1. The Balaban J connectivity index is 2.52. The first kappa shape index (κ1) is 17.8. The third-order valence-electron chi connectivity index (χ3n) is 3.53. The van der Waals surface area contributed by atoms with E-state index in [1.807, 2.05) is 46.8 Å². The SMILES string of the molecule is CCN(C(=O)C1CCN(C(=O)OC(C)(C)C)CC1)N(C)C.